The normalized spacial score (nSPS) is 13.2. The molecule has 1 heterocycles. The number of pyridine rings is 1. The van der Waals surface area contributed by atoms with E-state index in [-0.39, 0.29) is 6.54 Å². The number of thiocarbonyl (C=S) groups is 1. The first kappa shape index (κ1) is 12.8. The standard InChI is InChI=1S/C12H16N4OS/c1-16(6-10(13)17)12-8(11(14)18)5-7-3-2-4-9(7)15-12/h5H,2-4,6H2,1H3,(H2,13,17)(H2,14,18). The predicted octanol–water partition coefficient (Wildman–Crippen LogP) is 0.126. The molecule has 0 spiro atoms. The van der Waals surface area contributed by atoms with Crippen LogP contribution in [-0.4, -0.2) is 29.5 Å². The minimum Gasteiger partial charge on any atom is -0.389 e. The number of aromatic nitrogens is 1. The van der Waals surface area contributed by atoms with Gasteiger partial charge >= 0.3 is 0 Å². The lowest BCUT2D eigenvalue weighted by Crippen LogP contribution is -2.33. The molecule has 0 fully saturated rings. The number of hydrogen-bond acceptors (Lipinski definition) is 4. The number of carbonyl (C=O) groups excluding carboxylic acids is 1. The van der Waals surface area contributed by atoms with Crippen molar-refractivity contribution in [2.24, 2.45) is 11.5 Å². The van der Waals surface area contributed by atoms with Crippen LogP contribution in [0.25, 0.3) is 0 Å². The number of hydrogen-bond donors (Lipinski definition) is 2. The van der Waals surface area contributed by atoms with Gasteiger partial charge in [0, 0.05) is 12.7 Å². The number of nitrogens with zero attached hydrogens (tertiary/aromatic N) is 2. The zero-order valence-corrected chi connectivity index (χ0v) is 11.1. The molecule has 4 N–H and O–H groups in total. The summed E-state index contributed by atoms with van der Waals surface area (Å²) in [7, 11) is 1.76. The van der Waals surface area contributed by atoms with Gasteiger partial charge in [-0.05, 0) is 30.9 Å². The van der Waals surface area contributed by atoms with E-state index in [1.54, 1.807) is 11.9 Å². The van der Waals surface area contributed by atoms with Crippen LogP contribution in [0.1, 0.15) is 23.2 Å². The van der Waals surface area contributed by atoms with E-state index in [2.05, 4.69) is 4.98 Å². The molecule has 1 aromatic heterocycles. The summed E-state index contributed by atoms with van der Waals surface area (Å²) in [5, 5.41) is 0. The monoisotopic (exact) mass is 264 g/mol. The molecule has 0 saturated heterocycles. The number of amides is 1. The minimum absolute atomic E-state index is 0.0986. The van der Waals surface area contributed by atoms with Crippen molar-refractivity contribution in [1.29, 1.82) is 0 Å². The van der Waals surface area contributed by atoms with Crippen LogP contribution in [0.2, 0.25) is 0 Å². The van der Waals surface area contributed by atoms with Crippen LogP contribution in [-0.2, 0) is 17.6 Å². The van der Waals surface area contributed by atoms with Gasteiger partial charge in [-0.1, -0.05) is 12.2 Å². The van der Waals surface area contributed by atoms with Crippen LogP contribution in [0.5, 0.6) is 0 Å². The summed E-state index contributed by atoms with van der Waals surface area (Å²) in [5.74, 6) is 0.232. The average Bonchev–Trinajstić information content (AvgIpc) is 2.72. The van der Waals surface area contributed by atoms with E-state index in [9.17, 15) is 4.79 Å². The maximum Gasteiger partial charge on any atom is 0.236 e. The molecule has 0 bridgehead atoms. The molecule has 6 heteroatoms. The van der Waals surface area contributed by atoms with Gasteiger partial charge in [-0.25, -0.2) is 4.98 Å². The van der Waals surface area contributed by atoms with Crippen molar-refractivity contribution in [3.63, 3.8) is 0 Å². The summed E-state index contributed by atoms with van der Waals surface area (Å²) in [5.41, 5.74) is 13.9. The molecule has 0 aromatic carbocycles. The van der Waals surface area contributed by atoms with Crippen LogP contribution >= 0.6 is 12.2 Å². The molecule has 0 aliphatic heterocycles. The van der Waals surface area contributed by atoms with Gasteiger partial charge in [0.1, 0.15) is 10.8 Å². The smallest absolute Gasteiger partial charge is 0.236 e. The van der Waals surface area contributed by atoms with Gasteiger partial charge in [-0.3, -0.25) is 4.79 Å². The van der Waals surface area contributed by atoms with Gasteiger partial charge in [0.15, 0.2) is 0 Å². The lowest BCUT2D eigenvalue weighted by molar-refractivity contribution is -0.116. The fourth-order valence-corrected chi connectivity index (χ4v) is 2.39. The van der Waals surface area contributed by atoms with Crippen molar-refractivity contribution in [1.82, 2.24) is 4.98 Å². The Balaban J connectivity index is 2.44. The van der Waals surface area contributed by atoms with Crippen LogP contribution in [0.3, 0.4) is 0 Å². The second-order valence-corrected chi connectivity index (χ2v) is 4.95. The highest BCUT2D eigenvalue weighted by Gasteiger charge is 2.20. The van der Waals surface area contributed by atoms with Gasteiger partial charge < -0.3 is 16.4 Å². The number of anilines is 1. The molecule has 5 nitrogen and oxygen atoms in total. The van der Waals surface area contributed by atoms with E-state index in [1.807, 2.05) is 6.07 Å². The number of aryl methyl sites for hydroxylation is 2. The van der Waals surface area contributed by atoms with E-state index >= 15 is 0 Å². The Morgan fingerprint density at radius 3 is 2.83 bits per heavy atom. The third-order valence-electron chi connectivity index (χ3n) is 3.05. The Kier molecular flexibility index (Phi) is 3.47. The number of likely N-dealkylation sites (N-methyl/N-ethyl adjacent to an activating group) is 1. The molecule has 0 unspecified atom stereocenters. The number of nitrogens with two attached hydrogens (primary N) is 2. The van der Waals surface area contributed by atoms with Crippen molar-refractivity contribution in [3.05, 3.63) is 22.9 Å². The molecule has 0 saturated carbocycles. The van der Waals surface area contributed by atoms with Crippen LogP contribution < -0.4 is 16.4 Å². The summed E-state index contributed by atoms with van der Waals surface area (Å²) in [6, 6.07) is 1.99. The Bertz CT molecular complexity index is 515. The molecule has 1 aromatic rings. The van der Waals surface area contributed by atoms with E-state index in [0.29, 0.717) is 10.8 Å². The Morgan fingerprint density at radius 1 is 1.50 bits per heavy atom. The van der Waals surface area contributed by atoms with Gasteiger partial charge in [0.25, 0.3) is 0 Å². The van der Waals surface area contributed by atoms with Gasteiger partial charge in [-0.15, -0.1) is 0 Å². The molecule has 1 aliphatic carbocycles. The molecule has 0 radical (unpaired) electrons. The summed E-state index contributed by atoms with van der Waals surface area (Å²) < 4.78 is 0. The second-order valence-electron chi connectivity index (χ2n) is 4.51. The van der Waals surface area contributed by atoms with Crippen molar-refractivity contribution in [3.8, 4) is 0 Å². The third kappa shape index (κ3) is 2.43. The molecule has 2 rings (SSSR count). The quantitative estimate of drug-likeness (QED) is 0.755. The van der Waals surface area contributed by atoms with Crippen LogP contribution in [0, 0.1) is 0 Å². The molecule has 1 amide bonds. The SMILES string of the molecule is CN(CC(N)=O)c1nc2c(cc1C(N)=S)CCC2. The zero-order valence-electron chi connectivity index (χ0n) is 10.3. The van der Waals surface area contributed by atoms with Gasteiger partial charge in [-0.2, -0.15) is 0 Å². The number of carbonyl (C=O) groups is 1. The summed E-state index contributed by atoms with van der Waals surface area (Å²) in [6.45, 7) is 0.0986. The Labute approximate surface area is 111 Å². The Hall–Kier alpha value is -1.69. The molecule has 0 atom stereocenters. The fraction of sp³-hybridized carbons (Fsp3) is 0.417. The first-order valence-corrected chi connectivity index (χ1v) is 6.22. The summed E-state index contributed by atoms with van der Waals surface area (Å²) in [6.07, 6.45) is 3.07. The van der Waals surface area contributed by atoms with Crippen molar-refractivity contribution < 1.29 is 4.79 Å². The van der Waals surface area contributed by atoms with E-state index in [0.717, 1.165) is 30.5 Å². The van der Waals surface area contributed by atoms with E-state index in [1.165, 1.54) is 5.56 Å². The molecular formula is C12H16N4OS. The van der Waals surface area contributed by atoms with Crippen molar-refractivity contribution in [2.75, 3.05) is 18.5 Å². The second kappa shape index (κ2) is 4.89. The number of fused-ring (bicyclic) bond motifs is 1. The number of rotatable bonds is 4. The van der Waals surface area contributed by atoms with Crippen molar-refractivity contribution in [2.45, 2.75) is 19.3 Å². The highest BCUT2D eigenvalue weighted by molar-refractivity contribution is 7.80. The first-order valence-electron chi connectivity index (χ1n) is 5.81. The van der Waals surface area contributed by atoms with Crippen molar-refractivity contribution >= 4 is 28.9 Å². The lowest BCUT2D eigenvalue weighted by atomic mass is 10.1. The third-order valence-corrected chi connectivity index (χ3v) is 3.27. The largest absolute Gasteiger partial charge is 0.389 e. The molecule has 96 valence electrons. The maximum atomic E-state index is 11.0. The average molecular weight is 264 g/mol. The lowest BCUT2D eigenvalue weighted by Gasteiger charge is -2.20. The summed E-state index contributed by atoms with van der Waals surface area (Å²) in [4.78, 5) is 17.5. The van der Waals surface area contributed by atoms with Gasteiger partial charge in [0.2, 0.25) is 5.91 Å². The molecular weight excluding hydrogens is 248 g/mol. The fourth-order valence-electron chi connectivity index (χ4n) is 2.24. The molecule has 1 aliphatic rings. The highest BCUT2D eigenvalue weighted by atomic mass is 32.1. The van der Waals surface area contributed by atoms with Gasteiger partial charge in [0.05, 0.1) is 12.1 Å². The topological polar surface area (TPSA) is 85.2 Å². The minimum atomic E-state index is -0.409. The zero-order chi connectivity index (χ0) is 13.3. The maximum absolute atomic E-state index is 11.0. The van der Waals surface area contributed by atoms with Crippen LogP contribution in [0.4, 0.5) is 5.82 Å². The summed E-state index contributed by atoms with van der Waals surface area (Å²) >= 11 is 5.05. The Morgan fingerprint density at radius 2 is 2.22 bits per heavy atom. The number of primary amides is 1. The molecule has 18 heavy (non-hydrogen) atoms. The predicted molar refractivity (Wildman–Crippen MR) is 74.6 cm³/mol. The highest BCUT2D eigenvalue weighted by Crippen LogP contribution is 2.26. The van der Waals surface area contributed by atoms with E-state index < -0.39 is 5.91 Å². The first-order chi connectivity index (χ1) is 8.49. The van der Waals surface area contributed by atoms with Crippen LogP contribution in [0.15, 0.2) is 6.07 Å². The van der Waals surface area contributed by atoms with E-state index in [4.69, 9.17) is 23.7 Å².